The topological polar surface area (TPSA) is 45.3 Å². The van der Waals surface area contributed by atoms with Crippen LogP contribution in [0.15, 0.2) is 48.5 Å². The van der Waals surface area contributed by atoms with Gasteiger partial charge in [-0.15, -0.1) is 0 Å². The normalized spacial score (nSPS) is 20.2. The van der Waals surface area contributed by atoms with E-state index in [1.54, 1.807) is 7.11 Å². The van der Waals surface area contributed by atoms with E-state index in [4.69, 9.17) is 4.74 Å². The molecule has 140 valence electrons. The lowest BCUT2D eigenvalue weighted by Crippen LogP contribution is -2.45. The summed E-state index contributed by atoms with van der Waals surface area (Å²) in [6.07, 6.45) is 2.38. The summed E-state index contributed by atoms with van der Waals surface area (Å²) >= 11 is 0. The van der Waals surface area contributed by atoms with Crippen molar-refractivity contribution in [2.75, 3.05) is 19.0 Å². The fourth-order valence-electron chi connectivity index (χ4n) is 3.70. The van der Waals surface area contributed by atoms with Gasteiger partial charge in [0.1, 0.15) is 5.75 Å². The average molecular weight is 354 g/mol. The predicted molar refractivity (Wildman–Crippen MR) is 109 cm³/mol. The summed E-state index contributed by atoms with van der Waals surface area (Å²) in [6, 6.07) is 18.2. The molecule has 1 fully saturated rings. The quantitative estimate of drug-likeness (QED) is 0.701. The van der Waals surface area contributed by atoms with Crippen LogP contribution in [0.5, 0.6) is 5.75 Å². The minimum Gasteiger partial charge on any atom is -0.496 e. The Balaban J connectivity index is 1.72. The van der Waals surface area contributed by atoms with Crippen molar-refractivity contribution in [2.45, 2.75) is 51.4 Å². The molecular weight excluding hydrogens is 322 g/mol. The zero-order valence-corrected chi connectivity index (χ0v) is 16.1. The maximum Gasteiger partial charge on any atom is 0.123 e. The van der Waals surface area contributed by atoms with Crippen molar-refractivity contribution in [3.63, 3.8) is 0 Å². The Morgan fingerprint density at radius 3 is 2.69 bits per heavy atom. The lowest BCUT2D eigenvalue weighted by atomic mass is 9.92. The maximum atomic E-state index is 5.57. The van der Waals surface area contributed by atoms with Crippen LogP contribution < -0.4 is 20.7 Å². The van der Waals surface area contributed by atoms with Crippen molar-refractivity contribution in [3.8, 4) is 5.75 Å². The van der Waals surface area contributed by atoms with Crippen molar-refractivity contribution in [2.24, 2.45) is 0 Å². The third kappa shape index (κ3) is 4.77. The molecule has 0 amide bonds. The van der Waals surface area contributed by atoms with Crippen LogP contribution in [0.3, 0.4) is 0 Å². The molecule has 0 bridgehead atoms. The van der Waals surface area contributed by atoms with Crippen LogP contribution >= 0.6 is 0 Å². The number of anilines is 1. The van der Waals surface area contributed by atoms with E-state index in [1.165, 1.54) is 24.0 Å². The van der Waals surface area contributed by atoms with Crippen LogP contribution in [0.2, 0.25) is 0 Å². The molecule has 2 aromatic carbocycles. The van der Waals surface area contributed by atoms with Crippen molar-refractivity contribution in [1.82, 2.24) is 10.6 Å². The zero-order valence-electron chi connectivity index (χ0n) is 16.1. The van der Waals surface area contributed by atoms with Gasteiger partial charge in [0.25, 0.3) is 0 Å². The maximum absolute atomic E-state index is 5.57. The SMILES string of the molecule is COc1ccc(NC(C)C)cc1CN[C@H]1CCCN[C@H]1c1ccccc1. The van der Waals surface area contributed by atoms with Gasteiger partial charge < -0.3 is 20.7 Å². The summed E-state index contributed by atoms with van der Waals surface area (Å²) in [5.74, 6) is 0.937. The zero-order chi connectivity index (χ0) is 18.4. The molecular formula is C22H31N3O. The molecule has 4 heteroatoms. The summed E-state index contributed by atoms with van der Waals surface area (Å²) in [5, 5.41) is 10.9. The monoisotopic (exact) mass is 353 g/mol. The standard InChI is InChI=1S/C22H31N3O/c1-16(2)25-19-11-12-21(26-3)18(14-19)15-24-20-10-7-13-23-22(20)17-8-5-4-6-9-17/h4-6,8-9,11-12,14,16,20,22-25H,7,10,13,15H2,1-3H3/t20-,22-/m0/s1. The lowest BCUT2D eigenvalue weighted by molar-refractivity contribution is 0.303. The Morgan fingerprint density at radius 1 is 1.15 bits per heavy atom. The summed E-state index contributed by atoms with van der Waals surface area (Å²) < 4.78 is 5.57. The Hall–Kier alpha value is -2.04. The van der Waals surface area contributed by atoms with Crippen molar-refractivity contribution >= 4 is 5.69 Å². The van der Waals surface area contributed by atoms with Crippen LogP contribution in [0.25, 0.3) is 0 Å². The van der Waals surface area contributed by atoms with Gasteiger partial charge in [-0.2, -0.15) is 0 Å². The van der Waals surface area contributed by atoms with Crippen LogP contribution in [0.4, 0.5) is 5.69 Å². The van der Waals surface area contributed by atoms with Gasteiger partial charge >= 0.3 is 0 Å². The van der Waals surface area contributed by atoms with Crippen molar-refractivity contribution in [3.05, 3.63) is 59.7 Å². The summed E-state index contributed by atoms with van der Waals surface area (Å²) in [5.41, 5.74) is 3.68. The molecule has 4 nitrogen and oxygen atoms in total. The van der Waals surface area contributed by atoms with Gasteiger partial charge in [0.15, 0.2) is 0 Å². The first kappa shape index (κ1) is 18.7. The number of nitrogens with one attached hydrogen (secondary N) is 3. The third-order valence-electron chi connectivity index (χ3n) is 4.91. The first-order valence-electron chi connectivity index (χ1n) is 9.62. The van der Waals surface area contributed by atoms with Gasteiger partial charge in [0.05, 0.1) is 7.11 Å². The number of piperidine rings is 1. The smallest absolute Gasteiger partial charge is 0.123 e. The third-order valence-corrected chi connectivity index (χ3v) is 4.91. The number of hydrogen-bond donors (Lipinski definition) is 3. The minimum atomic E-state index is 0.355. The molecule has 0 aliphatic carbocycles. The molecule has 1 heterocycles. The number of ether oxygens (including phenoxy) is 1. The van der Waals surface area contributed by atoms with Crippen molar-refractivity contribution < 1.29 is 4.74 Å². The highest BCUT2D eigenvalue weighted by molar-refractivity contribution is 5.51. The molecule has 0 unspecified atom stereocenters. The second-order valence-electron chi connectivity index (χ2n) is 7.30. The highest BCUT2D eigenvalue weighted by Gasteiger charge is 2.25. The van der Waals surface area contributed by atoms with Gasteiger partial charge in [-0.3, -0.25) is 0 Å². The van der Waals surface area contributed by atoms with E-state index in [0.717, 1.165) is 24.5 Å². The molecule has 1 aliphatic rings. The Bertz CT molecular complexity index is 687. The number of methoxy groups -OCH3 is 1. The molecule has 26 heavy (non-hydrogen) atoms. The van der Waals surface area contributed by atoms with Gasteiger partial charge in [-0.1, -0.05) is 30.3 Å². The Morgan fingerprint density at radius 2 is 1.96 bits per heavy atom. The van der Waals surface area contributed by atoms with E-state index < -0.39 is 0 Å². The van der Waals surface area contributed by atoms with E-state index in [0.29, 0.717) is 18.1 Å². The molecule has 1 aliphatic heterocycles. The Labute approximate surface area is 157 Å². The van der Waals surface area contributed by atoms with E-state index in [1.807, 2.05) is 0 Å². The molecule has 0 spiro atoms. The van der Waals surface area contributed by atoms with Crippen molar-refractivity contribution in [1.29, 1.82) is 0 Å². The van der Waals surface area contributed by atoms with Crippen LogP contribution in [0.1, 0.15) is 43.9 Å². The summed E-state index contributed by atoms with van der Waals surface area (Å²) in [7, 11) is 1.74. The molecule has 3 N–H and O–H groups in total. The van der Waals surface area contributed by atoms with Crippen LogP contribution in [0, 0.1) is 0 Å². The molecule has 0 aromatic heterocycles. The number of rotatable bonds is 7. The van der Waals surface area contributed by atoms with E-state index in [9.17, 15) is 0 Å². The molecule has 1 saturated heterocycles. The highest BCUT2D eigenvalue weighted by atomic mass is 16.5. The molecule has 2 atom stereocenters. The van der Waals surface area contributed by atoms with Gasteiger partial charge in [-0.05, 0) is 57.0 Å². The number of hydrogen-bond acceptors (Lipinski definition) is 4. The Kier molecular flexibility index (Phi) is 6.53. The van der Waals surface area contributed by atoms with Gasteiger partial charge in [-0.25, -0.2) is 0 Å². The molecule has 0 radical (unpaired) electrons. The molecule has 0 saturated carbocycles. The lowest BCUT2D eigenvalue weighted by Gasteiger charge is -2.34. The van der Waals surface area contributed by atoms with Crippen LogP contribution in [-0.4, -0.2) is 25.7 Å². The second kappa shape index (κ2) is 9.06. The second-order valence-corrected chi connectivity index (χ2v) is 7.30. The molecule has 3 rings (SSSR count). The largest absolute Gasteiger partial charge is 0.496 e. The van der Waals surface area contributed by atoms with E-state index in [2.05, 4.69) is 78.3 Å². The first-order chi connectivity index (χ1) is 12.7. The summed E-state index contributed by atoms with van der Waals surface area (Å²) in [4.78, 5) is 0. The predicted octanol–water partition coefficient (Wildman–Crippen LogP) is 4.10. The first-order valence-corrected chi connectivity index (χ1v) is 9.62. The average Bonchev–Trinajstić information content (AvgIpc) is 2.67. The minimum absolute atomic E-state index is 0.355. The fourth-order valence-corrected chi connectivity index (χ4v) is 3.70. The van der Waals surface area contributed by atoms with E-state index in [-0.39, 0.29) is 0 Å². The fraction of sp³-hybridized carbons (Fsp3) is 0.455. The van der Waals surface area contributed by atoms with Crippen LogP contribution in [-0.2, 0) is 6.54 Å². The van der Waals surface area contributed by atoms with Gasteiger partial charge in [0.2, 0.25) is 0 Å². The molecule has 2 aromatic rings. The summed E-state index contributed by atoms with van der Waals surface area (Å²) in [6.45, 7) is 6.18. The highest BCUT2D eigenvalue weighted by Crippen LogP contribution is 2.26. The van der Waals surface area contributed by atoms with E-state index >= 15 is 0 Å². The van der Waals surface area contributed by atoms with Gasteiger partial charge in [0, 0.05) is 35.9 Å². The number of benzene rings is 2.